The van der Waals surface area contributed by atoms with Crippen molar-refractivity contribution in [2.24, 2.45) is 34.0 Å². The Morgan fingerprint density at radius 2 is 1.76 bits per heavy atom. The number of hydrogen-bond donors (Lipinski definition) is 1. The first-order valence-corrected chi connectivity index (χ1v) is 9.15. The van der Waals surface area contributed by atoms with Gasteiger partial charge in [0, 0.05) is 0 Å². The Kier molecular flexibility index (Phi) is 2.83. The average molecular weight is 288 g/mol. The highest BCUT2D eigenvalue weighted by atomic mass is 16.3. The lowest BCUT2D eigenvalue weighted by atomic mass is 9.41. The fourth-order valence-corrected chi connectivity index (χ4v) is 7.57. The third kappa shape index (κ3) is 1.68. The first kappa shape index (κ1) is 14.3. The maximum absolute atomic E-state index is 10.5. The molecule has 0 radical (unpaired) electrons. The summed E-state index contributed by atoms with van der Waals surface area (Å²) in [7, 11) is 0. The lowest BCUT2D eigenvalue weighted by Crippen LogP contribution is -2.59. The van der Waals surface area contributed by atoms with Crippen LogP contribution in [0.4, 0.5) is 0 Å². The van der Waals surface area contributed by atoms with Crippen molar-refractivity contribution in [1.29, 1.82) is 0 Å². The van der Waals surface area contributed by atoms with E-state index in [1.54, 1.807) is 5.57 Å². The Labute approximate surface area is 130 Å². The van der Waals surface area contributed by atoms with Crippen LogP contribution < -0.4 is 0 Å². The van der Waals surface area contributed by atoms with Crippen LogP contribution in [0.1, 0.15) is 72.1 Å². The van der Waals surface area contributed by atoms with Crippen molar-refractivity contribution < 1.29 is 5.11 Å². The zero-order valence-corrected chi connectivity index (χ0v) is 14.1. The second-order valence-electron chi connectivity index (χ2n) is 9.70. The maximum Gasteiger partial charge on any atom is 0.0594 e. The van der Waals surface area contributed by atoms with Gasteiger partial charge in [-0.05, 0) is 85.4 Å². The molecule has 0 aromatic rings. The molecule has 6 atom stereocenters. The third-order valence-electron chi connectivity index (χ3n) is 8.59. The zero-order valence-electron chi connectivity index (χ0n) is 14.1. The predicted octanol–water partition coefficient (Wildman–Crippen LogP) is 4.95. The van der Waals surface area contributed by atoms with E-state index < -0.39 is 0 Å². The molecule has 118 valence electrons. The highest BCUT2D eigenvalue weighted by Crippen LogP contribution is 2.72. The fraction of sp³-hybridized carbons (Fsp3) is 0.900. The molecule has 0 amide bonds. The van der Waals surface area contributed by atoms with Gasteiger partial charge in [-0.2, -0.15) is 0 Å². The largest absolute Gasteiger partial charge is 0.393 e. The molecule has 2 bridgehead atoms. The first-order chi connectivity index (χ1) is 9.80. The van der Waals surface area contributed by atoms with Crippen LogP contribution in [0, 0.1) is 34.0 Å². The van der Waals surface area contributed by atoms with Crippen LogP contribution in [-0.2, 0) is 0 Å². The lowest BCUT2D eigenvalue weighted by molar-refractivity contribution is -0.180. The monoisotopic (exact) mass is 288 g/mol. The number of aliphatic hydroxyl groups is 1. The molecule has 1 nitrogen and oxygen atoms in total. The number of rotatable bonds is 0. The lowest BCUT2D eigenvalue weighted by Gasteiger charge is -2.64. The van der Waals surface area contributed by atoms with Gasteiger partial charge in [0.25, 0.3) is 0 Å². The summed E-state index contributed by atoms with van der Waals surface area (Å²) in [6.45, 7) is 11.7. The van der Waals surface area contributed by atoms with E-state index in [2.05, 4.69) is 27.4 Å². The van der Waals surface area contributed by atoms with Gasteiger partial charge in [-0.3, -0.25) is 0 Å². The van der Waals surface area contributed by atoms with Gasteiger partial charge < -0.3 is 5.11 Å². The molecular weight excluding hydrogens is 256 g/mol. The molecule has 1 spiro atoms. The Bertz CT molecular complexity index is 478. The minimum absolute atomic E-state index is 0.0977. The van der Waals surface area contributed by atoms with E-state index in [0.717, 1.165) is 18.3 Å². The summed E-state index contributed by atoms with van der Waals surface area (Å²) in [4.78, 5) is 0. The predicted molar refractivity (Wildman–Crippen MR) is 86.9 cm³/mol. The molecular formula is C20H32O. The molecule has 0 saturated heterocycles. The minimum atomic E-state index is -0.0977. The van der Waals surface area contributed by atoms with Crippen molar-refractivity contribution in [1.82, 2.24) is 0 Å². The SMILES string of the molecule is C=C1C[C@@]23CC[C@@H]4C(C)(C)[C@H](O)CC[C@@]4(C)[C@H]2CC[C@@H]1C3. The highest BCUT2D eigenvalue weighted by molar-refractivity contribution is 5.22. The van der Waals surface area contributed by atoms with Crippen molar-refractivity contribution in [2.75, 3.05) is 0 Å². The molecule has 0 aliphatic heterocycles. The second kappa shape index (κ2) is 4.16. The zero-order chi connectivity index (χ0) is 15.0. The van der Waals surface area contributed by atoms with Crippen molar-refractivity contribution in [3.05, 3.63) is 12.2 Å². The van der Waals surface area contributed by atoms with Gasteiger partial charge >= 0.3 is 0 Å². The smallest absolute Gasteiger partial charge is 0.0594 e. The van der Waals surface area contributed by atoms with Crippen molar-refractivity contribution >= 4 is 0 Å². The van der Waals surface area contributed by atoms with E-state index in [-0.39, 0.29) is 11.5 Å². The van der Waals surface area contributed by atoms with Gasteiger partial charge in [0.15, 0.2) is 0 Å². The normalized spacial score (nSPS) is 55.0. The van der Waals surface area contributed by atoms with Crippen LogP contribution in [0.5, 0.6) is 0 Å². The molecule has 0 unspecified atom stereocenters. The molecule has 4 aliphatic carbocycles. The summed E-state index contributed by atoms with van der Waals surface area (Å²) in [5.74, 6) is 2.42. The molecule has 4 rings (SSSR count). The Morgan fingerprint density at radius 3 is 2.52 bits per heavy atom. The summed E-state index contributed by atoms with van der Waals surface area (Å²) in [6, 6.07) is 0. The Morgan fingerprint density at radius 1 is 1.00 bits per heavy atom. The van der Waals surface area contributed by atoms with Gasteiger partial charge in [0.2, 0.25) is 0 Å². The third-order valence-corrected chi connectivity index (χ3v) is 8.59. The van der Waals surface area contributed by atoms with E-state index in [0.29, 0.717) is 16.7 Å². The van der Waals surface area contributed by atoms with E-state index in [9.17, 15) is 5.11 Å². The Balaban J connectivity index is 1.74. The summed E-state index contributed by atoms with van der Waals surface area (Å²) in [5, 5.41) is 10.5. The maximum atomic E-state index is 10.5. The van der Waals surface area contributed by atoms with Gasteiger partial charge in [-0.1, -0.05) is 32.9 Å². The number of aliphatic hydroxyl groups excluding tert-OH is 1. The van der Waals surface area contributed by atoms with Crippen molar-refractivity contribution in [3.8, 4) is 0 Å². The topological polar surface area (TPSA) is 20.2 Å². The van der Waals surface area contributed by atoms with E-state index >= 15 is 0 Å². The van der Waals surface area contributed by atoms with Crippen LogP contribution in [0.2, 0.25) is 0 Å². The summed E-state index contributed by atoms with van der Waals surface area (Å²) < 4.78 is 0. The van der Waals surface area contributed by atoms with Gasteiger partial charge in [-0.25, -0.2) is 0 Å². The highest BCUT2D eigenvalue weighted by Gasteiger charge is 2.64. The number of hydrogen-bond acceptors (Lipinski definition) is 1. The molecule has 4 fully saturated rings. The molecule has 0 aromatic heterocycles. The van der Waals surface area contributed by atoms with Gasteiger partial charge in [0.1, 0.15) is 0 Å². The summed E-state index contributed by atoms with van der Waals surface area (Å²) in [5.41, 5.74) is 2.70. The minimum Gasteiger partial charge on any atom is -0.393 e. The van der Waals surface area contributed by atoms with E-state index in [4.69, 9.17) is 0 Å². The van der Waals surface area contributed by atoms with E-state index in [1.807, 2.05) is 0 Å². The van der Waals surface area contributed by atoms with Crippen molar-refractivity contribution in [3.63, 3.8) is 0 Å². The standard InChI is InChI=1S/C20H32O/c1-13-11-20-10-7-15-18(2,3)17(21)8-9-19(15,4)16(20)6-5-14(13)12-20/h14-17,21H,1,5-12H2,2-4H3/t14-,15-,16-,17-,19-,20-/m1/s1. The summed E-state index contributed by atoms with van der Waals surface area (Å²) in [6.07, 6.45) is 10.4. The molecule has 0 heterocycles. The second-order valence-corrected chi connectivity index (χ2v) is 9.70. The van der Waals surface area contributed by atoms with Crippen LogP contribution >= 0.6 is 0 Å². The van der Waals surface area contributed by atoms with Gasteiger partial charge in [0.05, 0.1) is 6.10 Å². The van der Waals surface area contributed by atoms with Crippen molar-refractivity contribution in [2.45, 2.75) is 78.2 Å². The molecule has 4 aliphatic rings. The Hall–Kier alpha value is -0.300. The van der Waals surface area contributed by atoms with Crippen LogP contribution in [0.3, 0.4) is 0 Å². The fourth-order valence-electron chi connectivity index (χ4n) is 7.57. The number of fused-ring (bicyclic) bond motifs is 3. The summed E-state index contributed by atoms with van der Waals surface area (Å²) >= 11 is 0. The average Bonchev–Trinajstić information content (AvgIpc) is 2.65. The van der Waals surface area contributed by atoms with Crippen LogP contribution in [0.15, 0.2) is 12.2 Å². The molecule has 21 heavy (non-hydrogen) atoms. The van der Waals surface area contributed by atoms with Crippen LogP contribution in [0.25, 0.3) is 0 Å². The van der Waals surface area contributed by atoms with E-state index in [1.165, 1.54) is 44.9 Å². The molecule has 1 N–H and O–H groups in total. The van der Waals surface area contributed by atoms with Crippen LogP contribution in [-0.4, -0.2) is 11.2 Å². The first-order valence-electron chi connectivity index (χ1n) is 9.15. The molecule has 1 heteroatoms. The quantitative estimate of drug-likeness (QED) is 0.626. The molecule has 0 aromatic carbocycles. The molecule has 4 saturated carbocycles. The number of allylic oxidation sites excluding steroid dienone is 1. The van der Waals surface area contributed by atoms with Gasteiger partial charge in [-0.15, -0.1) is 0 Å².